The second kappa shape index (κ2) is 4.23. The highest BCUT2D eigenvalue weighted by atomic mass is 35.8. The predicted octanol–water partition coefficient (Wildman–Crippen LogP) is 1.91. The Morgan fingerprint density at radius 2 is 2.10 bits per heavy atom. The van der Waals surface area contributed by atoms with Crippen LogP contribution in [0.25, 0.3) is 0 Å². The van der Waals surface area contributed by atoms with Gasteiger partial charge in [0, 0.05) is 6.08 Å². The third-order valence-corrected chi connectivity index (χ3v) is 2.00. The van der Waals surface area contributed by atoms with Crippen LogP contribution in [0.1, 0.15) is 0 Å². The van der Waals surface area contributed by atoms with Crippen LogP contribution in [-0.4, -0.2) is 18.2 Å². The zero-order valence-electron chi connectivity index (χ0n) is 4.94. The lowest BCUT2D eigenvalue weighted by atomic mass is 10.7. The average molecular weight is 220 g/mol. The minimum absolute atomic E-state index is 0.122. The van der Waals surface area contributed by atoms with Crippen molar-refractivity contribution in [3.63, 3.8) is 0 Å². The Balaban J connectivity index is 3.55. The molecule has 0 rings (SSSR count). The molecule has 0 atom stereocenters. The van der Waals surface area contributed by atoms with Crippen molar-refractivity contribution in [2.24, 2.45) is 0 Å². The van der Waals surface area contributed by atoms with E-state index in [-0.39, 0.29) is 6.23 Å². The molecule has 0 saturated heterocycles. The fourth-order valence-corrected chi connectivity index (χ4v) is 1.01. The smallest absolute Gasteiger partial charge is 0.378 e. The fourth-order valence-electron chi connectivity index (χ4n) is 0.212. The summed E-state index contributed by atoms with van der Waals surface area (Å²) in [7, 11) is 0. The second-order valence-electron chi connectivity index (χ2n) is 1.43. The highest BCUT2D eigenvalue weighted by Crippen LogP contribution is 2.19. The molecule has 2 nitrogen and oxygen atoms in total. The van der Waals surface area contributed by atoms with Gasteiger partial charge in [0.2, 0.25) is 0 Å². The van der Waals surface area contributed by atoms with Crippen molar-refractivity contribution in [2.75, 3.05) is 6.23 Å². The van der Waals surface area contributed by atoms with Gasteiger partial charge in [-0.25, -0.2) is 4.79 Å². The van der Waals surface area contributed by atoms with Crippen molar-refractivity contribution in [2.45, 2.75) is 0 Å². The molecule has 0 aliphatic heterocycles. The number of carbonyl (C=O) groups is 1. The number of halogens is 3. The summed E-state index contributed by atoms with van der Waals surface area (Å²) in [5.74, 6) is -0.571. The molecule has 0 spiro atoms. The summed E-state index contributed by atoms with van der Waals surface area (Å²) < 4.78 is 4.46. The zero-order chi connectivity index (χ0) is 8.20. The second-order valence-corrected chi connectivity index (χ2v) is 10.5. The molecule has 6 heteroatoms. The van der Waals surface area contributed by atoms with Gasteiger partial charge in [0.05, 0.1) is 0 Å². The Labute approximate surface area is 73.8 Å². The third-order valence-electron chi connectivity index (χ3n) is 0.545. The maximum Gasteiger partial charge on any atom is 0.378 e. The monoisotopic (exact) mass is 218 g/mol. The maximum absolute atomic E-state index is 10.4. The quantitative estimate of drug-likeness (QED) is 0.314. The van der Waals surface area contributed by atoms with Crippen molar-refractivity contribution in [3.8, 4) is 0 Å². The molecule has 0 N–H and O–H groups in total. The van der Waals surface area contributed by atoms with E-state index < -0.39 is 12.0 Å². The Morgan fingerprint density at radius 1 is 1.60 bits per heavy atom. The summed E-state index contributed by atoms with van der Waals surface area (Å²) in [6.45, 7) is 3.17. The summed E-state index contributed by atoms with van der Waals surface area (Å²) in [6, 6.07) is -2.81. The van der Waals surface area contributed by atoms with E-state index >= 15 is 0 Å². The fraction of sp³-hybridized carbons (Fsp3) is 0.250. The van der Waals surface area contributed by atoms with Crippen molar-refractivity contribution >= 4 is 45.2 Å². The first-order valence-electron chi connectivity index (χ1n) is 2.31. The van der Waals surface area contributed by atoms with Gasteiger partial charge < -0.3 is 4.74 Å². The third kappa shape index (κ3) is 6.42. The molecule has 0 radical (unpaired) electrons. The first-order valence-corrected chi connectivity index (χ1v) is 7.56. The van der Waals surface area contributed by atoms with E-state index in [1.165, 1.54) is 0 Å². The van der Waals surface area contributed by atoms with Crippen LogP contribution in [0.4, 0.5) is 0 Å². The lowest BCUT2D eigenvalue weighted by Gasteiger charge is -2.06. The molecule has 0 amide bonds. The van der Waals surface area contributed by atoms with Gasteiger partial charge in [-0.2, -0.15) is 0 Å². The number of esters is 1. The summed E-state index contributed by atoms with van der Waals surface area (Å²) in [5, 5.41) is 0. The van der Waals surface area contributed by atoms with Crippen LogP contribution in [0.15, 0.2) is 12.7 Å². The van der Waals surface area contributed by atoms with Crippen LogP contribution in [0.5, 0.6) is 0 Å². The van der Waals surface area contributed by atoms with Crippen LogP contribution in [0.2, 0.25) is 0 Å². The summed E-state index contributed by atoms with van der Waals surface area (Å²) >= 11 is 16.2. The highest BCUT2D eigenvalue weighted by Gasteiger charge is 2.26. The molecule has 0 aliphatic carbocycles. The lowest BCUT2D eigenvalue weighted by Crippen LogP contribution is -2.21. The van der Waals surface area contributed by atoms with E-state index in [2.05, 4.69) is 11.3 Å². The predicted molar refractivity (Wildman–Crippen MR) is 44.5 cm³/mol. The standard InChI is InChI=1S/C4H5Cl3O2Si/c1-2-4(8)9-3-10(5,6)7/h2H,1,3H2. The molecule has 0 aliphatic rings. The molecule has 0 bridgehead atoms. The Morgan fingerprint density at radius 3 is 2.40 bits per heavy atom. The molecule has 0 saturated carbocycles. The molecule has 0 aromatic heterocycles. The topological polar surface area (TPSA) is 26.3 Å². The van der Waals surface area contributed by atoms with Gasteiger partial charge in [-0.15, -0.1) is 33.2 Å². The van der Waals surface area contributed by atoms with Gasteiger partial charge in [0.15, 0.2) is 0 Å². The maximum atomic E-state index is 10.4. The van der Waals surface area contributed by atoms with E-state index in [0.717, 1.165) is 6.08 Å². The molecule has 0 fully saturated rings. The van der Waals surface area contributed by atoms with Crippen molar-refractivity contribution in [3.05, 3.63) is 12.7 Å². The first-order chi connectivity index (χ1) is 4.45. The molecular formula is C4H5Cl3O2Si. The largest absolute Gasteiger partial charge is 0.462 e. The van der Waals surface area contributed by atoms with Crippen molar-refractivity contribution in [1.29, 1.82) is 0 Å². The van der Waals surface area contributed by atoms with Crippen LogP contribution in [0, 0.1) is 0 Å². The molecule has 0 aromatic rings. The number of hydrogen-bond acceptors (Lipinski definition) is 2. The number of hydrogen-bond donors (Lipinski definition) is 0. The summed E-state index contributed by atoms with van der Waals surface area (Å²) in [5.41, 5.74) is 0. The zero-order valence-corrected chi connectivity index (χ0v) is 8.21. The number of rotatable bonds is 3. The minimum atomic E-state index is -2.81. The molecule has 10 heavy (non-hydrogen) atoms. The Kier molecular flexibility index (Phi) is 4.36. The average Bonchev–Trinajstić information content (AvgIpc) is 1.81. The van der Waals surface area contributed by atoms with Crippen LogP contribution >= 0.6 is 33.2 Å². The Bertz CT molecular complexity index is 142. The van der Waals surface area contributed by atoms with Gasteiger partial charge in [-0.1, -0.05) is 6.58 Å². The van der Waals surface area contributed by atoms with E-state index in [1.807, 2.05) is 0 Å². The van der Waals surface area contributed by atoms with E-state index in [9.17, 15) is 4.79 Å². The normalized spacial score (nSPS) is 10.7. The van der Waals surface area contributed by atoms with Crippen LogP contribution in [0.3, 0.4) is 0 Å². The van der Waals surface area contributed by atoms with Gasteiger partial charge in [-0.05, 0) is 0 Å². The first kappa shape index (κ1) is 10.3. The SMILES string of the molecule is C=CC(=O)OC[Si](Cl)(Cl)Cl. The van der Waals surface area contributed by atoms with E-state index in [4.69, 9.17) is 33.2 Å². The van der Waals surface area contributed by atoms with Gasteiger partial charge in [0.25, 0.3) is 0 Å². The molecule has 58 valence electrons. The van der Waals surface area contributed by atoms with Crippen LogP contribution < -0.4 is 0 Å². The highest BCUT2D eigenvalue weighted by molar-refractivity contribution is 7.64. The number of carbonyl (C=O) groups excluding carboxylic acids is 1. The Hall–Kier alpha value is 0.297. The molecule has 0 heterocycles. The number of ether oxygens (including phenoxy) is 1. The minimum Gasteiger partial charge on any atom is -0.462 e. The van der Waals surface area contributed by atoms with Crippen molar-refractivity contribution < 1.29 is 9.53 Å². The lowest BCUT2D eigenvalue weighted by molar-refractivity contribution is -0.135. The van der Waals surface area contributed by atoms with Crippen LogP contribution in [-0.2, 0) is 9.53 Å². The van der Waals surface area contributed by atoms with Gasteiger partial charge in [0.1, 0.15) is 6.23 Å². The molecule has 0 unspecified atom stereocenters. The summed E-state index contributed by atoms with van der Waals surface area (Å²) in [6.07, 6.45) is 0.896. The summed E-state index contributed by atoms with van der Waals surface area (Å²) in [4.78, 5) is 10.4. The molecular weight excluding hydrogens is 214 g/mol. The van der Waals surface area contributed by atoms with Gasteiger partial charge in [-0.3, -0.25) is 0 Å². The van der Waals surface area contributed by atoms with Gasteiger partial charge >= 0.3 is 12.0 Å². The van der Waals surface area contributed by atoms with Crippen molar-refractivity contribution in [1.82, 2.24) is 0 Å². The van der Waals surface area contributed by atoms with E-state index in [0.29, 0.717) is 0 Å². The molecule has 0 aromatic carbocycles. The van der Waals surface area contributed by atoms with E-state index in [1.54, 1.807) is 0 Å².